The van der Waals surface area contributed by atoms with Gasteiger partial charge in [0.05, 0.1) is 11.9 Å². The van der Waals surface area contributed by atoms with Crippen LogP contribution in [-0.4, -0.2) is 68.9 Å². The van der Waals surface area contributed by atoms with Crippen molar-refractivity contribution >= 4 is 11.7 Å². The number of hydrogen-bond acceptors (Lipinski definition) is 5. The average Bonchev–Trinajstić information content (AvgIpc) is 3.21. The number of piperazine rings is 1. The van der Waals surface area contributed by atoms with E-state index in [0.717, 1.165) is 50.5 Å². The molecular formula is C20H30N6O. The summed E-state index contributed by atoms with van der Waals surface area (Å²) in [6, 6.07) is 4.69. The van der Waals surface area contributed by atoms with Gasteiger partial charge in [0.2, 0.25) is 0 Å². The lowest BCUT2D eigenvalue weighted by Crippen LogP contribution is -2.56. The van der Waals surface area contributed by atoms with E-state index in [1.807, 2.05) is 23.2 Å². The Kier molecular flexibility index (Phi) is 6.45. The molecule has 1 aliphatic rings. The SMILES string of the molecule is CC[C@@H]1CN(C(=O)c2ccc(NCCc3cnc[nH]3)nc2)CCN1C(C)C. The Morgan fingerprint density at radius 3 is 2.81 bits per heavy atom. The number of pyridine rings is 1. The molecule has 7 heteroatoms. The van der Waals surface area contributed by atoms with Crippen molar-refractivity contribution in [3.05, 3.63) is 42.1 Å². The van der Waals surface area contributed by atoms with Crippen molar-refractivity contribution in [1.29, 1.82) is 0 Å². The van der Waals surface area contributed by atoms with Crippen LogP contribution in [0.15, 0.2) is 30.9 Å². The topological polar surface area (TPSA) is 77.1 Å². The highest BCUT2D eigenvalue weighted by atomic mass is 16.2. The van der Waals surface area contributed by atoms with Crippen LogP contribution in [0.1, 0.15) is 43.2 Å². The summed E-state index contributed by atoms with van der Waals surface area (Å²) in [7, 11) is 0. The minimum atomic E-state index is 0.0772. The predicted octanol–water partition coefficient (Wildman–Crippen LogP) is 2.40. The number of carbonyl (C=O) groups is 1. The van der Waals surface area contributed by atoms with Crippen LogP contribution in [0.5, 0.6) is 0 Å². The minimum absolute atomic E-state index is 0.0772. The summed E-state index contributed by atoms with van der Waals surface area (Å²) in [6.45, 7) is 9.90. The smallest absolute Gasteiger partial charge is 0.255 e. The van der Waals surface area contributed by atoms with Gasteiger partial charge in [0.1, 0.15) is 5.82 Å². The van der Waals surface area contributed by atoms with Crippen LogP contribution in [0.3, 0.4) is 0 Å². The fraction of sp³-hybridized carbons (Fsp3) is 0.550. The maximum Gasteiger partial charge on any atom is 0.255 e. The molecule has 7 nitrogen and oxygen atoms in total. The molecule has 0 unspecified atom stereocenters. The average molecular weight is 371 g/mol. The summed E-state index contributed by atoms with van der Waals surface area (Å²) >= 11 is 0. The zero-order valence-electron chi connectivity index (χ0n) is 16.5. The van der Waals surface area contributed by atoms with Crippen LogP contribution in [0.25, 0.3) is 0 Å². The molecule has 0 saturated carbocycles. The first kappa shape index (κ1) is 19.4. The molecule has 0 aromatic carbocycles. The normalized spacial score (nSPS) is 18.1. The zero-order chi connectivity index (χ0) is 19.2. The van der Waals surface area contributed by atoms with Crippen LogP contribution in [-0.2, 0) is 6.42 Å². The third-order valence-corrected chi connectivity index (χ3v) is 5.22. The summed E-state index contributed by atoms with van der Waals surface area (Å²) in [5, 5.41) is 3.27. The molecule has 1 fully saturated rings. The van der Waals surface area contributed by atoms with Gasteiger partial charge in [-0.1, -0.05) is 6.92 Å². The summed E-state index contributed by atoms with van der Waals surface area (Å²) in [5.41, 5.74) is 1.74. The summed E-state index contributed by atoms with van der Waals surface area (Å²) in [6.07, 6.45) is 7.08. The van der Waals surface area contributed by atoms with Gasteiger partial charge in [-0.2, -0.15) is 0 Å². The van der Waals surface area contributed by atoms with Gasteiger partial charge in [-0.15, -0.1) is 0 Å². The second kappa shape index (κ2) is 8.99. The molecule has 2 aromatic heterocycles. The van der Waals surface area contributed by atoms with E-state index in [1.54, 1.807) is 12.5 Å². The third kappa shape index (κ3) is 4.86. The highest BCUT2D eigenvalue weighted by Gasteiger charge is 2.30. The van der Waals surface area contributed by atoms with E-state index in [-0.39, 0.29) is 5.91 Å². The summed E-state index contributed by atoms with van der Waals surface area (Å²) in [4.78, 5) is 28.8. The first-order valence-electron chi connectivity index (χ1n) is 9.80. The van der Waals surface area contributed by atoms with Crippen LogP contribution in [0.2, 0.25) is 0 Å². The van der Waals surface area contributed by atoms with Gasteiger partial charge in [0.25, 0.3) is 5.91 Å². The molecule has 0 spiro atoms. The van der Waals surface area contributed by atoms with Crippen molar-refractivity contribution < 1.29 is 4.79 Å². The van der Waals surface area contributed by atoms with Crippen LogP contribution >= 0.6 is 0 Å². The van der Waals surface area contributed by atoms with Gasteiger partial charge in [-0.3, -0.25) is 9.69 Å². The van der Waals surface area contributed by atoms with E-state index in [0.29, 0.717) is 17.6 Å². The molecule has 146 valence electrons. The molecule has 1 amide bonds. The van der Waals surface area contributed by atoms with E-state index in [9.17, 15) is 4.79 Å². The van der Waals surface area contributed by atoms with Gasteiger partial charge in [-0.25, -0.2) is 9.97 Å². The quantitative estimate of drug-likeness (QED) is 0.783. The fourth-order valence-electron chi connectivity index (χ4n) is 3.65. The van der Waals surface area contributed by atoms with E-state index < -0.39 is 0 Å². The van der Waals surface area contributed by atoms with E-state index in [4.69, 9.17) is 0 Å². The number of nitrogens with one attached hydrogen (secondary N) is 2. The number of rotatable bonds is 7. The third-order valence-electron chi connectivity index (χ3n) is 5.22. The van der Waals surface area contributed by atoms with Gasteiger partial charge in [0.15, 0.2) is 0 Å². The monoisotopic (exact) mass is 370 g/mol. The summed E-state index contributed by atoms with van der Waals surface area (Å²) in [5.74, 6) is 0.857. The Bertz CT molecular complexity index is 713. The molecule has 2 aromatic rings. The molecular weight excluding hydrogens is 340 g/mol. The molecule has 1 aliphatic heterocycles. The largest absolute Gasteiger partial charge is 0.370 e. The van der Waals surface area contributed by atoms with Crippen LogP contribution in [0.4, 0.5) is 5.82 Å². The number of nitrogens with zero attached hydrogens (tertiary/aromatic N) is 4. The van der Waals surface area contributed by atoms with Gasteiger partial charge in [-0.05, 0) is 32.4 Å². The highest BCUT2D eigenvalue weighted by molar-refractivity contribution is 5.94. The molecule has 3 rings (SSSR count). The Labute approximate surface area is 161 Å². The molecule has 2 N–H and O–H groups in total. The van der Waals surface area contributed by atoms with Crippen molar-refractivity contribution in [2.24, 2.45) is 0 Å². The van der Waals surface area contributed by atoms with Gasteiger partial charge < -0.3 is 15.2 Å². The maximum absolute atomic E-state index is 12.9. The molecule has 1 atom stereocenters. The van der Waals surface area contributed by atoms with Gasteiger partial charge >= 0.3 is 0 Å². The number of aromatic amines is 1. The number of hydrogen-bond donors (Lipinski definition) is 2. The van der Waals surface area contributed by atoms with Crippen LogP contribution in [0, 0.1) is 0 Å². The van der Waals surface area contributed by atoms with E-state index >= 15 is 0 Å². The molecule has 27 heavy (non-hydrogen) atoms. The Morgan fingerprint density at radius 2 is 2.19 bits per heavy atom. The summed E-state index contributed by atoms with van der Waals surface area (Å²) < 4.78 is 0. The first-order chi connectivity index (χ1) is 13.1. The number of H-pyrrole nitrogens is 1. The fourth-order valence-corrected chi connectivity index (χ4v) is 3.65. The number of carbonyl (C=O) groups excluding carboxylic acids is 1. The standard InChI is InChI=1S/C20H30N6O/c1-4-18-13-25(9-10-26(18)15(2)3)20(27)16-5-6-19(23-11-16)22-8-7-17-12-21-14-24-17/h5-6,11-12,14-15,18H,4,7-10,13H2,1-3H3,(H,21,24)(H,22,23)/t18-/m1/s1. The minimum Gasteiger partial charge on any atom is -0.370 e. The van der Waals surface area contributed by atoms with Crippen molar-refractivity contribution in [2.75, 3.05) is 31.5 Å². The predicted molar refractivity (Wildman–Crippen MR) is 107 cm³/mol. The number of amides is 1. The zero-order valence-corrected chi connectivity index (χ0v) is 16.5. The Hall–Kier alpha value is -2.41. The number of imidazole rings is 1. The first-order valence-corrected chi connectivity index (χ1v) is 9.80. The number of aromatic nitrogens is 3. The molecule has 1 saturated heterocycles. The lowest BCUT2D eigenvalue weighted by molar-refractivity contribution is 0.0371. The number of anilines is 1. The Morgan fingerprint density at radius 1 is 1.33 bits per heavy atom. The van der Waals surface area contributed by atoms with Crippen molar-refractivity contribution in [3.63, 3.8) is 0 Å². The van der Waals surface area contributed by atoms with Crippen molar-refractivity contribution in [3.8, 4) is 0 Å². The molecule has 0 aliphatic carbocycles. The molecule has 0 radical (unpaired) electrons. The maximum atomic E-state index is 12.9. The Balaban J connectivity index is 1.54. The lowest BCUT2D eigenvalue weighted by atomic mass is 10.1. The van der Waals surface area contributed by atoms with Crippen LogP contribution < -0.4 is 5.32 Å². The van der Waals surface area contributed by atoms with Crippen molar-refractivity contribution in [1.82, 2.24) is 24.8 Å². The van der Waals surface area contributed by atoms with E-state index in [1.165, 1.54) is 0 Å². The second-order valence-electron chi connectivity index (χ2n) is 7.33. The highest BCUT2D eigenvalue weighted by Crippen LogP contribution is 2.18. The second-order valence-corrected chi connectivity index (χ2v) is 7.33. The van der Waals surface area contributed by atoms with E-state index in [2.05, 4.69) is 45.9 Å². The molecule has 0 bridgehead atoms. The molecule has 3 heterocycles. The van der Waals surface area contributed by atoms with Crippen molar-refractivity contribution in [2.45, 2.75) is 45.7 Å². The van der Waals surface area contributed by atoms with Gasteiger partial charge in [0, 0.05) is 62.8 Å². The lowest BCUT2D eigenvalue weighted by Gasteiger charge is -2.43.